The van der Waals surface area contributed by atoms with Crippen LogP contribution in [0.2, 0.25) is 5.02 Å². The minimum atomic E-state index is -0.269. The van der Waals surface area contributed by atoms with E-state index in [4.69, 9.17) is 16.7 Å². The zero-order valence-corrected chi connectivity index (χ0v) is 22.5. The van der Waals surface area contributed by atoms with Crippen LogP contribution >= 0.6 is 43.5 Å². The molecule has 1 fully saturated rings. The predicted molar refractivity (Wildman–Crippen MR) is 143 cm³/mol. The number of aryl methyl sites for hydroxylation is 1. The van der Waals surface area contributed by atoms with Gasteiger partial charge in [-0.25, -0.2) is 5.01 Å². The minimum absolute atomic E-state index is 0.118. The number of benzene rings is 2. The number of amides is 1. The zero-order chi connectivity index (χ0) is 23.8. The van der Waals surface area contributed by atoms with Crippen molar-refractivity contribution in [2.45, 2.75) is 38.8 Å². The molecule has 0 radical (unpaired) electrons. The van der Waals surface area contributed by atoms with Crippen LogP contribution in [-0.4, -0.2) is 26.4 Å². The first-order valence-electron chi connectivity index (χ1n) is 11.3. The van der Waals surface area contributed by atoms with Gasteiger partial charge in [0.15, 0.2) is 5.69 Å². The third kappa shape index (κ3) is 4.53. The lowest BCUT2D eigenvalue weighted by Gasteiger charge is -2.29. The lowest BCUT2D eigenvalue weighted by molar-refractivity contribution is 0.0674. The number of rotatable bonds is 4. The molecule has 2 aromatic carbocycles. The fraction of sp³-hybridized carbons (Fsp3) is 0.269. The van der Waals surface area contributed by atoms with Gasteiger partial charge >= 0.3 is 0 Å². The second-order valence-corrected chi connectivity index (χ2v) is 10.8. The number of halogens is 3. The van der Waals surface area contributed by atoms with E-state index in [1.165, 1.54) is 5.57 Å². The Morgan fingerprint density at radius 2 is 1.79 bits per heavy atom. The van der Waals surface area contributed by atoms with Crippen LogP contribution in [0, 0.1) is 5.92 Å². The molecule has 2 atom stereocenters. The third-order valence-electron chi connectivity index (χ3n) is 6.38. The van der Waals surface area contributed by atoms with Crippen molar-refractivity contribution in [3.05, 3.63) is 91.1 Å². The molecular weight excluding hydrogens is 580 g/mol. The van der Waals surface area contributed by atoms with Gasteiger partial charge in [-0.1, -0.05) is 67.7 Å². The first kappa shape index (κ1) is 23.5. The van der Waals surface area contributed by atoms with Gasteiger partial charge in [0.25, 0.3) is 5.91 Å². The maximum atomic E-state index is 13.7. The molecule has 0 bridgehead atoms. The molecule has 5 nitrogen and oxygen atoms in total. The molecule has 1 saturated carbocycles. The normalized spacial score (nSPS) is 21.0. The molecule has 1 aromatic heterocycles. The van der Waals surface area contributed by atoms with Crippen molar-refractivity contribution in [3.8, 4) is 0 Å². The summed E-state index contributed by atoms with van der Waals surface area (Å²) in [5, 5.41) is 11.3. The number of hydrazone groups is 1. The summed E-state index contributed by atoms with van der Waals surface area (Å²) < 4.78 is 3.72. The van der Waals surface area contributed by atoms with Crippen molar-refractivity contribution < 1.29 is 4.79 Å². The van der Waals surface area contributed by atoms with Gasteiger partial charge in [-0.15, -0.1) is 0 Å². The summed E-state index contributed by atoms with van der Waals surface area (Å²) in [4.78, 5) is 13.7. The Hall–Kier alpha value is -2.22. The zero-order valence-electron chi connectivity index (χ0n) is 18.6. The highest BCUT2D eigenvalue weighted by Gasteiger charge is 2.44. The average molecular weight is 603 g/mol. The first-order chi connectivity index (χ1) is 16.4. The van der Waals surface area contributed by atoms with Gasteiger partial charge in [0.05, 0.1) is 16.8 Å². The SMILES string of the molecule is CCn1cc(Cl)c(C(=O)N2N=C3C(=Cc4ccc(Br)cc4)CCCC3C2c2ccc(Br)cc2)n1. The molecule has 1 aliphatic heterocycles. The van der Waals surface area contributed by atoms with Crippen LogP contribution < -0.4 is 0 Å². The minimum Gasteiger partial charge on any atom is -0.271 e. The molecule has 174 valence electrons. The summed E-state index contributed by atoms with van der Waals surface area (Å²) in [6, 6.07) is 16.2. The summed E-state index contributed by atoms with van der Waals surface area (Å²) in [5.74, 6) is -0.150. The Bertz CT molecular complexity index is 1280. The van der Waals surface area contributed by atoms with E-state index in [2.05, 4.69) is 67.3 Å². The topological polar surface area (TPSA) is 50.5 Å². The Morgan fingerprint density at radius 3 is 2.44 bits per heavy atom. The molecule has 0 spiro atoms. The second-order valence-electron chi connectivity index (χ2n) is 8.53. The number of carbonyl (C=O) groups is 1. The highest BCUT2D eigenvalue weighted by Crippen LogP contribution is 2.45. The molecule has 5 rings (SSSR count). The highest BCUT2D eigenvalue weighted by atomic mass is 79.9. The van der Waals surface area contributed by atoms with Crippen LogP contribution in [0.4, 0.5) is 0 Å². The van der Waals surface area contributed by atoms with Gasteiger partial charge in [0.2, 0.25) is 0 Å². The molecule has 2 aliphatic rings. The van der Waals surface area contributed by atoms with E-state index in [1.54, 1.807) is 15.9 Å². The number of carbonyl (C=O) groups excluding carboxylic acids is 1. The van der Waals surface area contributed by atoms with Gasteiger partial charge in [-0.3, -0.25) is 9.48 Å². The Kier molecular flexibility index (Phi) is 6.78. The number of allylic oxidation sites excluding steroid dienone is 1. The van der Waals surface area contributed by atoms with Gasteiger partial charge in [0, 0.05) is 27.6 Å². The van der Waals surface area contributed by atoms with Crippen LogP contribution in [-0.2, 0) is 6.54 Å². The van der Waals surface area contributed by atoms with E-state index >= 15 is 0 Å². The number of hydrogen-bond acceptors (Lipinski definition) is 3. The summed E-state index contributed by atoms with van der Waals surface area (Å²) in [5.41, 5.74) is 4.59. The molecule has 1 amide bonds. The fourth-order valence-electron chi connectivity index (χ4n) is 4.73. The lowest BCUT2D eigenvalue weighted by atomic mass is 9.77. The number of hydrogen-bond donors (Lipinski definition) is 0. The fourth-order valence-corrected chi connectivity index (χ4v) is 5.49. The summed E-state index contributed by atoms with van der Waals surface area (Å²) in [7, 11) is 0. The van der Waals surface area contributed by atoms with Crippen LogP contribution in [0.1, 0.15) is 53.8 Å². The van der Waals surface area contributed by atoms with Crippen molar-refractivity contribution in [1.29, 1.82) is 0 Å². The summed E-state index contributed by atoms with van der Waals surface area (Å²) in [6.45, 7) is 2.60. The van der Waals surface area contributed by atoms with E-state index in [0.717, 1.165) is 45.0 Å². The Labute approximate surface area is 220 Å². The molecule has 2 unspecified atom stereocenters. The standard InChI is InChI=1S/C26H23Br2ClN4O/c1-2-32-15-22(29)24(30-32)26(34)33-25(17-8-12-20(28)13-9-17)21-5-3-4-18(23(21)31-33)14-16-6-10-19(27)11-7-16/h6-15,21,25H,2-5H2,1H3. The Balaban J connectivity index is 1.58. The molecule has 2 heterocycles. The van der Waals surface area contributed by atoms with Crippen LogP contribution in [0.5, 0.6) is 0 Å². The maximum Gasteiger partial charge on any atom is 0.296 e. The van der Waals surface area contributed by atoms with Crippen molar-refractivity contribution in [1.82, 2.24) is 14.8 Å². The van der Waals surface area contributed by atoms with Gasteiger partial charge in [-0.05, 0) is 73.2 Å². The van der Waals surface area contributed by atoms with Gasteiger partial charge < -0.3 is 0 Å². The molecule has 8 heteroatoms. The van der Waals surface area contributed by atoms with Crippen molar-refractivity contribution in [2.75, 3.05) is 0 Å². The second kappa shape index (κ2) is 9.80. The number of fused-ring (bicyclic) bond motifs is 1. The van der Waals surface area contributed by atoms with Crippen molar-refractivity contribution >= 4 is 61.2 Å². The highest BCUT2D eigenvalue weighted by molar-refractivity contribution is 9.10. The van der Waals surface area contributed by atoms with E-state index in [0.29, 0.717) is 11.6 Å². The van der Waals surface area contributed by atoms with Crippen LogP contribution in [0.25, 0.3) is 6.08 Å². The van der Waals surface area contributed by atoms with E-state index in [1.807, 2.05) is 31.2 Å². The van der Waals surface area contributed by atoms with E-state index in [9.17, 15) is 4.79 Å². The molecule has 0 saturated heterocycles. The monoisotopic (exact) mass is 600 g/mol. The van der Waals surface area contributed by atoms with Gasteiger partial charge in [-0.2, -0.15) is 10.2 Å². The molecular formula is C26H23Br2ClN4O. The number of aromatic nitrogens is 2. The molecule has 3 aromatic rings. The number of nitrogens with zero attached hydrogens (tertiary/aromatic N) is 4. The Morgan fingerprint density at radius 1 is 1.12 bits per heavy atom. The summed E-state index contributed by atoms with van der Waals surface area (Å²) >= 11 is 13.4. The average Bonchev–Trinajstić information content (AvgIpc) is 3.42. The third-order valence-corrected chi connectivity index (χ3v) is 7.71. The largest absolute Gasteiger partial charge is 0.296 e. The quantitative estimate of drug-likeness (QED) is 0.310. The predicted octanol–water partition coefficient (Wildman–Crippen LogP) is 7.52. The van der Waals surface area contributed by atoms with Crippen molar-refractivity contribution in [3.63, 3.8) is 0 Å². The lowest BCUT2D eigenvalue weighted by Crippen LogP contribution is -2.32. The van der Waals surface area contributed by atoms with Crippen molar-refractivity contribution in [2.24, 2.45) is 11.0 Å². The van der Waals surface area contributed by atoms with Crippen LogP contribution in [0.3, 0.4) is 0 Å². The van der Waals surface area contributed by atoms with Crippen LogP contribution in [0.15, 0.2) is 74.3 Å². The smallest absolute Gasteiger partial charge is 0.271 e. The van der Waals surface area contributed by atoms with Gasteiger partial charge in [0.1, 0.15) is 0 Å². The first-order valence-corrected chi connectivity index (χ1v) is 13.3. The molecule has 1 aliphatic carbocycles. The maximum absolute atomic E-state index is 13.7. The van der Waals surface area contributed by atoms with E-state index < -0.39 is 0 Å². The van der Waals surface area contributed by atoms with E-state index in [-0.39, 0.29) is 23.6 Å². The molecule has 34 heavy (non-hydrogen) atoms. The molecule has 0 N–H and O–H groups in total. The summed E-state index contributed by atoms with van der Waals surface area (Å²) in [6.07, 6.45) is 6.84.